The minimum absolute atomic E-state index is 0.102. The monoisotopic (exact) mass is 379 g/mol. The summed E-state index contributed by atoms with van der Waals surface area (Å²) in [7, 11) is 0. The summed E-state index contributed by atoms with van der Waals surface area (Å²) in [5.41, 5.74) is 1.21. The highest BCUT2D eigenvalue weighted by Crippen LogP contribution is 2.25. The average Bonchev–Trinajstić information content (AvgIpc) is 2.55. The van der Waals surface area contributed by atoms with E-state index in [0.717, 1.165) is 6.42 Å². The average molecular weight is 380 g/mol. The molecule has 5 heteroatoms. The van der Waals surface area contributed by atoms with Gasteiger partial charge in [0.1, 0.15) is 11.6 Å². The summed E-state index contributed by atoms with van der Waals surface area (Å²) >= 11 is 3.20. The Morgan fingerprint density at radius 3 is 2.65 bits per heavy atom. The fourth-order valence-corrected chi connectivity index (χ4v) is 2.71. The first-order valence-corrected chi connectivity index (χ1v) is 8.29. The van der Waals surface area contributed by atoms with Gasteiger partial charge in [0.25, 0.3) is 5.91 Å². The zero-order valence-electron chi connectivity index (χ0n) is 12.9. The fourth-order valence-electron chi connectivity index (χ4n) is 2.25. The van der Waals surface area contributed by atoms with Gasteiger partial charge in [-0.2, -0.15) is 0 Å². The maximum Gasteiger partial charge on any atom is 0.257 e. The first-order chi connectivity index (χ1) is 11.1. The van der Waals surface area contributed by atoms with Crippen molar-refractivity contribution in [3.05, 3.63) is 64.4 Å². The highest BCUT2D eigenvalue weighted by Gasteiger charge is 2.11. The van der Waals surface area contributed by atoms with Crippen molar-refractivity contribution in [2.45, 2.75) is 19.3 Å². The van der Waals surface area contributed by atoms with Crippen LogP contribution in [0.25, 0.3) is 0 Å². The van der Waals surface area contributed by atoms with E-state index < -0.39 is 0 Å². The van der Waals surface area contributed by atoms with E-state index in [1.54, 1.807) is 0 Å². The molecule has 0 heterocycles. The molecule has 0 aliphatic carbocycles. The second-order valence-electron chi connectivity index (χ2n) is 5.18. The van der Waals surface area contributed by atoms with E-state index in [4.69, 9.17) is 4.74 Å². The second-order valence-corrected chi connectivity index (χ2v) is 6.04. The molecule has 2 rings (SSSR count). The van der Waals surface area contributed by atoms with E-state index >= 15 is 0 Å². The molecule has 0 radical (unpaired) electrons. The summed E-state index contributed by atoms with van der Waals surface area (Å²) in [5, 5.41) is 2.88. The van der Waals surface area contributed by atoms with Gasteiger partial charge >= 0.3 is 0 Å². The molecule has 3 nitrogen and oxygen atoms in total. The third kappa shape index (κ3) is 5.36. The molecule has 0 aromatic heterocycles. The summed E-state index contributed by atoms with van der Waals surface area (Å²) in [6.07, 6.45) is 0.939. The van der Waals surface area contributed by atoms with Gasteiger partial charge in [-0.25, -0.2) is 4.39 Å². The summed E-state index contributed by atoms with van der Waals surface area (Å²) in [6, 6.07) is 14.2. The fraction of sp³-hybridized carbons (Fsp3) is 0.278. The number of carbonyl (C=O) groups excluding carboxylic acids is 1. The maximum atomic E-state index is 13.0. The van der Waals surface area contributed by atoms with Gasteiger partial charge in [0.2, 0.25) is 0 Å². The SMILES string of the molecule is CC[C@@H](CNC(=O)COc1ccc(F)cc1Br)c1ccccc1. The number of halogens is 2. The Balaban J connectivity index is 1.82. The second kappa shape index (κ2) is 8.67. The lowest BCUT2D eigenvalue weighted by Crippen LogP contribution is -2.32. The molecule has 0 aliphatic rings. The molecule has 2 aromatic rings. The number of carbonyl (C=O) groups is 1. The van der Waals surface area contributed by atoms with Crippen molar-refractivity contribution >= 4 is 21.8 Å². The van der Waals surface area contributed by atoms with Gasteiger partial charge in [-0.3, -0.25) is 4.79 Å². The predicted molar refractivity (Wildman–Crippen MR) is 92.1 cm³/mol. The highest BCUT2D eigenvalue weighted by atomic mass is 79.9. The Labute approximate surface area is 144 Å². The summed E-state index contributed by atoms with van der Waals surface area (Å²) in [5.74, 6) is 0.160. The highest BCUT2D eigenvalue weighted by molar-refractivity contribution is 9.10. The van der Waals surface area contributed by atoms with Crippen LogP contribution in [0, 0.1) is 5.82 Å². The van der Waals surface area contributed by atoms with Crippen LogP contribution in [-0.2, 0) is 4.79 Å². The van der Waals surface area contributed by atoms with Gasteiger partial charge in [0, 0.05) is 12.5 Å². The molecule has 0 bridgehead atoms. The molecule has 0 saturated heterocycles. The smallest absolute Gasteiger partial charge is 0.257 e. The van der Waals surface area contributed by atoms with E-state index in [1.807, 2.05) is 18.2 Å². The lowest BCUT2D eigenvalue weighted by Gasteiger charge is -2.16. The quantitative estimate of drug-likeness (QED) is 0.779. The van der Waals surface area contributed by atoms with Crippen molar-refractivity contribution in [3.63, 3.8) is 0 Å². The Kier molecular flexibility index (Phi) is 6.59. The number of amides is 1. The Morgan fingerprint density at radius 1 is 1.26 bits per heavy atom. The van der Waals surface area contributed by atoms with Crippen molar-refractivity contribution in [1.29, 1.82) is 0 Å². The molecule has 2 aromatic carbocycles. The van der Waals surface area contributed by atoms with E-state index in [0.29, 0.717) is 16.8 Å². The van der Waals surface area contributed by atoms with Crippen LogP contribution < -0.4 is 10.1 Å². The molecule has 0 saturated carbocycles. The molecule has 1 atom stereocenters. The van der Waals surface area contributed by atoms with Crippen molar-refractivity contribution in [2.24, 2.45) is 0 Å². The van der Waals surface area contributed by atoms with Crippen LogP contribution in [0.2, 0.25) is 0 Å². The standard InChI is InChI=1S/C18H19BrFNO2/c1-2-13(14-6-4-3-5-7-14)11-21-18(22)12-23-17-9-8-15(20)10-16(17)19/h3-10,13H,2,11-12H2,1H3,(H,21,22)/t13-/m0/s1. The number of ether oxygens (including phenoxy) is 1. The zero-order valence-corrected chi connectivity index (χ0v) is 14.5. The van der Waals surface area contributed by atoms with Gasteiger partial charge < -0.3 is 10.1 Å². The van der Waals surface area contributed by atoms with Crippen molar-refractivity contribution in [2.75, 3.05) is 13.2 Å². The van der Waals surface area contributed by atoms with Crippen LogP contribution in [0.5, 0.6) is 5.75 Å². The van der Waals surface area contributed by atoms with E-state index in [-0.39, 0.29) is 24.2 Å². The van der Waals surface area contributed by atoms with Gasteiger partial charge in [0.05, 0.1) is 4.47 Å². The molecule has 0 unspecified atom stereocenters. The lowest BCUT2D eigenvalue weighted by atomic mass is 9.96. The number of nitrogens with one attached hydrogen (secondary N) is 1. The molecular formula is C18H19BrFNO2. The van der Waals surface area contributed by atoms with E-state index in [1.165, 1.54) is 23.8 Å². The first-order valence-electron chi connectivity index (χ1n) is 7.49. The van der Waals surface area contributed by atoms with Crippen LogP contribution in [0.15, 0.2) is 53.0 Å². The van der Waals surface area contributed by atoms with E-state index in [2.05, 4.69) is 40.3 Å². The summed E-state index contributed by atoms with van der Waals surface area (Å²) in [6.45, 7) is 2.55. The molecule has 0 aliphatic heterocycles. The molecule has 23 heavy (non-hydrogen) atoms. The van der Waals surface area contributed by atoms with Crippen molar-refractivity contribution < 1.29 is 13.9 Å². The zero-order chi connectivity index (χ0) is 16.7. The number of benzene rings is 2. The minimum Gasteiger partial charge on any atom is -0.483 e. The summed E-state index contributed by atoms with van der Waals surface area (Å²) in [4.78, 5) is 11.9. The van der Waals surface area contributed by atoms with Gasteiger partial charge in [0.15, 0.2) is 6.61 Å². The van der Waals surface area contributed by atoms with Crippen LogP contribution in [0.4, 0.5) is 4.39 Å². The van der Waals surface area contributed by atoms with Crippen molar-refractivity contribution in [1.82, 2.24) is 5.32 Å². The van der Waals surface area contributed by atoms with Crippen LogP contribution in [-0.4, -0.2) is 19.1 Å². The molecular weight excluding hydrogens is 361 g/mol. The van der Waals surface area contributed by atoms with Crippen molar-refractivity contribution in [3.8, 4) is 5.75 Å². The molecule has 0 fully saturated rings. The van der Waals surface area contributed by atoms with Crippen LogP contribution in [0.3, 0.4) is 0 Å². The molecule has 122 valence electrons. The Morgan fingerprint density at radius 2 is 2.00 bits per heavy atom. The largest absolute Gasteiger partial charge is 0.483 e. The molecule has 1 amide bonds. The molecule has 1 N–H and O–H groups in total. The molecule has 0 spiro atoms. The number of hydrogen-bond acceptors (Lipinski definition) is 2. The normalized spacial score (nSPS) is 11.8. The topological polar surface area (TPSA) is 38.3 Å². The maximum absolute atomic E-state index is 13.0. The first kappa shape index (κ1) is 17.5. The predicted octanol–water partition coefficient (Wildman–Crippen LogP) is 4.28. The Hall–Kier alpha value is -1.88. The third-order valence-corrected chi connectivity index (χ3v) is 4.18. The van der Waals surface area contributed by atoms with Gasteiger partial charge in [-0.15, -0.1) is 0 Å². The summed E-state index contributed by atoms with van der Waals surface area (Å²) < 4.78 is 18.9. The Bertz CT molecular complexity index is 649. The van der Waals surface area contributed by atoms with E-state index in [9.17, 15) is 9.18 Å². The van der Waals surface area contributed by atoms with Gasteiger partial charge in [-0.1, -0.05) is 37.3 Å². The van der Waals surface area contributed by atoms with Crippen LogP contribution in [0.1, 0.15) is 24.8 Å². The minimum atomic E-state index is -0.359. The number of hydrogen-bond donors (Lipinski definition) is 1. The lowest BCUT2D eigenvalue weighted by molar-refractivity contribution is -0.123. The number of rotatable bonds is 7. The van der Waals surface area contributed by atoms with Crippen LogP contribution >= 0.6 is 15.9 Å². The third-order valence-electron chi connectivity index (χ3n) is 3.56. The van der Waals surface area contributed by atoms with Gasteiger partial charge in [-0.05, 0) is 46.1 Å².